The Hall–Kier alpha value is -1.77. The largest absolute Gasteiger partial charge is 0.497 e. The van der Waals surface area contributed by atoms with Gasteiger partial charge in [0.05, 0.1) is 8.48 Å². The summed E-state index contributed by atoms with van der Waals surface area (Å²) in [5.74, 6) is -0.537. The Kier molecular flexibility index (Phi) is 2.60. The smallest absolute Gasteiger partial charge is 0.328 e. The van der Waals surface area contributed by atoms with Crippen molar-refractivity contribution in [2.24, 2.45) is 0 Å². The van der Waals surface area contributed by atoms with Crippen LogP contribution in [0.5, 0.6) is 5.75 Å². The predicted molar refractivity (Wildman–Crippen MR) is 49.7 cm³/mol. The van der Waals surface area contributed by atoms with Crippen LogP contribution < -0.4 is 4.74 Å². The van der Waals surface area contributed by atoms with Crippen LogP contribution in [0, 0.1) is 0 Å². The molecule has 0 heterocycles. The zero-order valence-corrected chi connectivity index (χ0v) is 7.15. The number of carbonyl (C=O) groups is 1. The van der Waals surface area contributed by atoms with Crippen LogP contribution in [0.3, 0.4) is 0 Å². The third kappa shape index (κ3) is 2.99. The Bertz CT molecular complexity index is 354. The average molecular weight is 179 g/mol. The zero-order chi connectivity index (χ0) is 10.6. The molecule has 0 amide bonds. The van der Waals surface area contributed by atoms with Gasteiger partial charge in [0.25, 0.3) is 0 Å². The Morgan fingerprint density at radius 1 is 1.54 bits per heavy atom. The minimum absolute atomic E-state index is 0.435. The van der Waals surface area contributed by atoms with Gasteiger partial charge in [0.15, 0.2) is 0 Å². The number of aliphatic carboxylic acids is 1. The Labute approximate surface area is 77.7 Å². The lowest BCUT2D eigenvalue weighted by Crippen LogP contribution is -1.86. The van der Waals surface area contributed by atoms with E-state index in [0.717, 1.165) is 0 Å². The molecule has 0 saturated heterocycles. The van der Waals surface area contributed by atoms with Crippen LogP contribution in [0.1, 0.15) is 6.93 Å². The van der Waals surface area contributed by atoms with Gasteiger partial charge in [-0.15, -0.1) is 0 Å². The number of hydrogen-bond acceptors (Lipinski definition) is 2. The van der Waals surface area contributed by atoms with Crippen molar-refractivity contribution in [2.45, 2.75) is 0 Å². The SMILES string of the molecule is [2H]C(=Cc1ccc(OC)cc1)C(=O)O. The summed E-state index contributed by atoms with van der Waals surface area (Å²) in [7, 11) is 1.55. The molecule has 0 aromatic heterocycles. The van der Waals surface area contributed by atoms with Gasteiger partial charge in [-0.3, -0.25) is 0 Å². The molecule has 1 aromatic carbocycles. The highest BCUT2D eigenvalue weighted by molar-refractivity contribution is 5.85. The monoisotopic (exact) mass is 179 g/mol. The third-order valence-corrected chi connectivity index (χ3v) is 1.48. The maximum absolute atomic E-state index is 10.3. The normalized spacial score (nSPS) is 12.1. The van der Waals surface area contributed by atoms with Crippen LogP contribution in [-0.2, 0) is 4.79 Å². The summed E-state index contributed by atoms with van der Waals surface area (Å²) < 4.78 is 12.0. The number of carboxylic acid groups (broad SMARTS) is 1. The molecule has 0 radical (unpaired) electrons. The molecule has 0 aliphatic heterocycles. The van der Waals surface area contributed by atoms with Gasteiger partial charge in [0.2, 0.25) is 0 Å². The standard InChI is InChI=1S/C10H10O3/c1-13-9-5-2-8(3-6-9)4-7-10(11)12/h2-7H,1H3,(H,11,12)/i7D. The van der Waals surface area contributed by atoms with Crippen molar-refractivity contribution in [1.29, 1.82) is 0 Å². The highest BCUT2D eigenvalue weighted by Crippen LogP contribution is 2.11. The predicted octanol–water partition coefficient (Wildman–Crippen LogP) is 1.79. The summed E-state index contributed by atoms with van der Waals surface area (Å²) >= 11 is 0. The Balaban J connectivity index is 2.88. The van der Waals surface area contributed by atoms with Gasteiger partial charge < -0.3 is 9.84 Å². The number of hydrogen-bond donors (Lipinski definition) is 1. The van der Waals surface area contributed by atoms with Gasteiger partial charge in [-0.05, 0) is 23.8 Å². The summed E-state index contributed by atoms with van der Waals surface area (Å²) in [6, 6.07) is 6.37. The van der Waals surface area contributed by atoms with E-state index in [1.807, 2.05) is 0 Å². The van der Waals surface area contributed by atoms with E-state index in [4.69, 9.17) is 11.2 Å². The fraction of sp³-hybridized carbons (Fsp3) is 0.100. The van der Waals surface area contributed by atoms with Crippen molar-refractivity contribution in [1.82, 2.24) is 0 Å². The molecule has 3 heteroatoms. The second kappa shape index (κ2) is 4.30. The van der Waals surface area contributed by atoms with E-state index in [0.29, 0.717) is 11.3 Å². The minimum atomic E-state index is -1.24. The average Bonchev–Trinajstić information content (AvgIpc) is 2.19. The Morgan fingerprint density at radius 3 is 2.62 bits per heavy atom. The van der Waals surface area contributed by atoms with Crippen molar-refractivity contribution in [3.05, 3.63) is 35.9 Å². The highest BCUT2D eigenvalue weighted by Gasteiger charge is 1.91. The second-order valence-electron chi connectivity index (χ2n) is 2.37. The summed E-state index contributed by atoms with van der Waals surface area (Å²) in [4.78, 5) is 10.3. The summed E-state index contributed by atoms with van der Waals surface area (Å²) in [5, 5.41) is 8.46. The molecule has 0 aliphatic carbocycles. The number of benzene rings is 1. The van der Waals surface area contributed by atoms with Crippen molar-refractivity contribution in [3.63, 3.8) is 0 Å². The molecule has 0 unspecified atom stereocenters. The lowest BCUT2D eigenvalue weighted by molar-refractivity contribution is -0.131. The van der Waals surface area contributed by atoms with Gasteiger partial charge in [0, 0.05) is 6.05 Å². The first-order valence-corrected chi connectivity index (χ1v) is 3.69. The molecule has 0 fully saturated rings. The van der Waals surface area contributed by atoms with E-state index in [-0.39, 0.29) is 0 Å². The topological polar surface area (TPSA) is 46.5 Å². The van der Waals surface area contributed by atoms with E-state index >= 15 is 0 Å². The van der Waals surface area contributed by atoms with E-state index in [2.05, 4.69) is 0 Å². The van der Waals surface area contributed by atoms with Gasteiger partial charge >= 0.3 is 5.97 Å². The van der Waals surface area contributed by atoms with Crippen LogP contribution in [0.4, 0.5) is 0 Å². The third-order valence-electron chi connectivity index (χ3n) is 1.48. The summed E-state index contributed by atoms with van der Waals surface area (Å²) in [6.45, 7) is 0. The molecule has 3 nitrogen and oxygen atoms in total. The molecular weight excluding hydrogens is 168 g/mol. The van der Waals surface area contributed by atoms with E-state index in [9.17, 15) is 4.79 Å². The van der Waals surface area contributed by atoms with E-state index < -0.39 is 12.0 Å². The fourth-order valence-corrected chi connectivity index (χ4v) is 0.845. The van der Waals surface area contributed by atoms with Gasteiger partial charge in [-0.1, -0.05) is 12.1 Å². The van der Waals surface area contributed by atoms with Crippen molar-refractivity contribution >= 4 is 12.0 Å². The second-order valence-corrected chi connectivity index (χ2v) is 2.37. The van der Waals surface area contributed by atoms with Crippen molar-refractivity contribution < 1.29 is 16.0 Å². The molecule has 13 heavy (non-hydrogen) atoms. The number of ether oxygens (including phenoxy) is 1. The number of rotatable bonds is 3. The molecule has 1 aromatic rings. The molecule has 0 aliphatic rings. The number of methoxy groups -OCH3 is 1. The molecule has 1 N–H and O–H groups in total. The minimum Gasteiger partial charge on any atom is -0.497 e. The molecule has 1 rings (SSSR count). The number of carboxylic acids is 1. The lowest BCUT2D eigenvalue weighted by atomic mass is 10.2. The molecular formula is C10H10O3. The maximum atomic E-state index is 10.3. The van der Waals surface area contributed by atoms with Crippen molar-refractivity contribution in [2.75, 3.05) is 7.11 Å². The van der Waals surface area contributed by atoms with Crippen LogP contribution in [0.15, 0.2) is 30.3 Å². The first-order valence-electron chi connectivity index (χ1n) is 4.19. The maximum Gasteiger partial charge on any atom is 0.328 e. The molecule has 0 saturated carbocycles. The highest BCUT2D eigenvalue weighted by atomic mass is 16.5. The van der Waals surface area contributed by atoms with E-state index in [1.165, 1.54) is 6.08 Å². The lowest BCUT2D eigenvalue weighted by Gasteiger charge is -1.98. The first-order chi connectivity index (χ1) is 6.63. The van der Waals surface area contributed by atoms with Gasteiger partial charge in [0.1, 0.15) is 5.75 Å². The molecule has 0 atom stereocenters. The van der Waals surface area contributed by atoms with Crippen molar-refractivity contribution in [3.8, 4) is 5.75 Å². The summed E-state index contributed by atoms with van der Waals surface area (Å²) in [5.41, 5.74) is 0.665. The van der Waals surface area contributed by atoms with Crippen LogP contribution >= 0.6 is 0 Å². The molecule has 68 valence electrons. The molecule has 0 bridgehead atoms. The van der Waals surface area contributed by atoms with Gasteiger partial charge in [-0.2, -0.15) is 0 Å². The fourth-order valence-electron chi connectivity index (χ4n) is 0.845. The van der Waals surface area contributed by atoms with Gasteiger partial charge in [-0.25, -0.2) is 4.79 Å². The van der Waals surface area contributed by atoms with E-state index in [1.54, 1.807) is 31.4 Å². The zero-order valence-electron chi connectivity index (χ0n) is 8.15. The Morgan fingerprint density at radius 2 is 2.15 bits per heavy atom. The summed E-state index contributed by atoms with van der Waals surface area (Å²) in [6.07, 6.45) is 1.28. The van der Waals surface area contributed by atoms with Crippen LogP contribution in [0.25, 0.3) is 6.08 Å². The van der Waals surface area contributed by atoms with Crippen LogP contribution in [0.2, 0.25) is 0 Å². The van der Waals surface area contributed by atoms with Crippen LogP contribution in [-0.4, -0.2) is 18.2 Å². The quantitative estimate of drug-likeness (QED) is 0.719. The first kappa shape index (κ1) is 7.86. The molecule has 0 spiro atoms.